The zero-order valence-electron chi connectivity index (χ0n) is 18.8. The molecule has 1 unspecified atom stereocenters. The summed E-state index contributed by atoms with van der Waals surface area (Å²) in [5.41, 5.74) is 4.50. The smallest absolute Gasteiger partial charge is 0.303 e. The second-order valence-electron chi connectivity index (χ2n) is 8.61. The van der Waals surface area contributed by atoms with Crippen LogP contribution in [0.25, 0.3) is 0 Å². The summed E-state index contributed by atoms with van der Waals surface area (Å²) in [7, 11) is 0. The average Bonchev–Trinajstić information content (AvgIpc) is 3.00. The van der Waals surface area contributed by atoms with Crippen molar-refractivity contribution in [1.29, 1.82) is 5.26 Å². The van der Waals surface area contributed by atoms with E-state index in [4.69, 9.17) is 4.98 Å². The van der Waals surface area contributed by atoms with Gasteiger partial charge in [-0.15, -0.1) is 4.99 Å². The Bertz CT molecular complexity index is 1060. The number of fused-ring (bicyclic) bond motifs is 2. The number of anilines is 1. The predicted molar refractivity (Wildman–Crippen MR) is 127 cm³/mol. The maximum absolute atomic E-state index is 11.4. The monoisotopic (exact) mass is 446 g/mol. The van der Waals surface area contributed by atoms with Crippen LogP contribution in [0.3, 0.4) is 0 Å². The largest absolute Gasteiger partial charge is 0.481 e. The van der Waals surface area contributed by atoms with Gasteiger partial charge in [0, 0.05) is 31.9 Å². The Morgan fingerprint density at radius 2 is 2.18 bits per heavy atom. The highest BCUT2D eigenvalue weighted by molar-refractivity contribution is 5.81. The first-order valence-electron chi connectivity index (χ1n) is 11.6. The molecule has 1 aromatic heterocycles. The van der Waals surface area contributed by atoms with Crippen molar-refractivity contribution in [2.24, 2.45) is 4.99 Å². The zero-order valence-corrected chi connectivity index (χ0v) is 18.8. The number of nitrogens with one attached hydrogen (secondary N) is 2. The summed E-state index contributed by atoms with van der Waals surface area (Å²) in [5, 5.41) is 25.3. The molecular weight excluding hydrogens is 416 g/mol. The fourth-order valence-electron chi connectivity index (χ4n) is 4.68. The Balaban J connectivity index is 1.37. The molecule has 0 amide bonds. The van der Waals surface area contributed by atoms with Crippen LogP contribution in [0.1, 0.15) is 54.0 Å². The summed E-state index contributed by atoms with van der Waals surface area (Å²) in [4.78, 5) is 22.2. The highest BCUT2D eigenvalue weighted by Gasteiger charge is 2.25. The van der Waals surface area contributed by atoms with E-state index < -0.39 is 5.97 Å². The Morgan fingerprint density at radius 1 is 1.30 bits per heavy atom. The Kier molecular flexibility index (Phi) is 7.40. The lowest BCUT2D eigenvalue weighted by atomic mass is 9.90. The topological polar surface area (TPSA) is 114 Å². The van der Waals surface area contributed by atoms with E-state index >= 15 is 0 Å². The fraction of sp³-hybridized carbons (Fsp3) is 0.440. The molecule has 3 heterocycles. The summed E-state index contributed by atoms with van der Waals surface area (Å²) in [5.74, 6) is 0.718. The van der Waals surface area contributed by atoms with Crippen LogP contribution in [0.15, 0.2) is 41.4 Å². The summed E-state index contributed by atoms with van der Waals surface area (Å²) in [6, 6.07) is 12.2. The maximum atomic E-state index is 11.4. The lowest BCUT2D eigenvalue weighted by molar-refractivity contribution is -0.137. The lowest BCUT2D eigenvalue weighted by Gasteiger charge is -2.25. The number of carboxylic acid groups (broad SMARTS) is 1. The van der Waals surface area contributed by atoms with E-state index in [2.05, 4.69) is 27.8 Å². The van der Waals surface area contributed by atoms with Gasteiger partial charge in [0.25, 0.3) is 0 Å². The predicted octanol–water partition coefficient (Wildman–Crippen LogP) is 3.26. The molecule has 0 saturated carbocycles. The minimum atomic E-state index is -0.793. The van der Waals surface area contributed by atoms with Crippen LogP contribution < -0.4 is 10.6 Å². The van der Waals surface area contributed by atoms with Crippen LogP contribution in [0, 0.1) is 11.5 Å². The first-order chi connectivity index (χ1) is 16.1. The molecule has 1 atom stereocenters. The van der Waals surface area contributed by atoms with E-state index in [0.717, 1.165) is 54.9 Å². The van der Waals surface area contributed by atoms with E-state index in [0.29, 0.717) is 32.0 Å². The molecule has 0 radical (unpaired) electrons. The van der Waals surface area contributed by atoms with Gasteiger partial charge in [0.1, 0.15) is 5.82 Å². The summed E-state index contributed by atoms with van der Waals surface area (Å²) >= 11 is 0. The number of nitrogens with zero attached hydrogens (tertiary/aromatic N) is 4. The molecule has 2 aliphatic rings. The number of pyridine rings is 1. The lowest BCUT2D eigenvalue weighted by Crippen LogP contribution is -2.41. The summed E-state index contributed by atoms with van der Waals surface area (Å²) < 4.78 is 0. The SMILES string of the molecule is N#C/N=C(\NCCCc1ccc2c(n1)NCCC2)N1CCC(CC(=O)O)c2ccccc2C1. The molecule has 0 saturated heterocycles. The third-order valence-corrected chi connectivity index (χ3v) is 6.32. The minimum absolute atomic E-state index is 0.0456. The molecule has 2 aliphatic heterocycles. The van der Waals surface area contributed by atoms with Crippen LogP contribution >= 0.6 is 0 Å². The number of carbonyl (C=O) groups is 1. The number of carboxylic acids is 1. The van der Waals surface area contributed by atoms with Crippen molar-refractivity contribution < 1.29 is 9.90 Å². The van der Waals surface area contributed by atoms with Crippen molar-refractivity contribution in [3.63, 3.8) is 0 Å². The van der Waals surface area contributed by atoms with Gasteiger partial charge in [-0.25, -0.2) is 4.98 Å². The first kappa shape index (κ1) is 22.6. The number of nitriles is 1. The summed E-state index contributed by atoms with van der Waals surface area (Å²) in [6.07, 6.45) is 6.65. The number of aliphatic imine (C=N–C) groups is 1. The molecule has 3 N–H and O–H groups in total. The van der Waals surface area contributed by atoms with Crippen LogP contribution in [-0.2, 0) is 24.2 Å². The number of aromatic nitrogens is 1. The number of benzene rings is 1. The third-order valence-electron chi connectivity index (χ3n) is 6.32. The second kappa shape index (κ2) is 10.8. The molecule has 0 bridgehead atoms. The number of guanidine groups is 1. The number of rotatable bonds is 6. The molecule has 8 nitrogen and oxygen atoms in total. The van der Waals surface area contributed by atoms with Gasteiger partial charge in [0.05, 0.1) is 6.42 Å². The molecular formula is C25H30N6O2. The standard InChI is InChI=1S/C25H30N6O2/c26-17-29-25(28-13-4-7-21-10-9-18-6-3-12-27-24(18)30-21)31-14-11-19(15-23(32)33)22-8-2-1-5-20(22)16-31/h1-2,5,8-10,19H,3-4,6-7,11-16H2,(H,27,30)(H,28,29)(H,32,33). The highest BCUT2D eigenvalue weighted by atomic mass is 16.4. The normalized spacial score (nSPS) is 17.7. The van der Waals surface area contributed by atoms with Gasteiger partial charge in [-0.05, 0) is 60.8 Å². The Labute approximate surface area is 194 Å². The van der Waals surface area contributed by atoms with Crippen molar-refractivity contribution in [1.82, 2.24) is 15.2 Å². The Morgan fingerprint density at radius 3 is 3.03 bits per heavy atom. The van der Waals surface area contributed by atoms with E-state index in [1.54, 1.807) is 0 Å². The fourth-order valence-corrected chi connectivity index (χ4v) is 4.68. The molecule has 172 valence electrons. The molecule has 33 heavy (non-hydrogen) atoms. The zero-order chi connectivity index (χ0) is 23.0. The summed E-state index contributed by atoms with van der Waals surface area (Å²) in [6.45, 7) is 2.88. The average molecular weight is 447 g/mol. The molecule has 0 aliphatic carbocycles. The minimum Gasteiger partial charge on any atom is -0.481 e. The molecule has 0 fully saturated rings. The van der Waals surface area contributed by atoms with Crippen molar-refractivity contribution in [3.05, 3.63) is 58.8 Å². The van der Waals surface area contributed by atoms with Crippen LogP contribution in [0.4, 0.5) is 5.82 Å². The van der Waals surface area contributed by atoms with Gasteiger partial charge >= 0.3 is 5.97 Å². The molecule has 1 aromatic carbocycles. The van der Waals surface area contributed by atoms with Crippen molar-refractivity contribution >= 4 is 17.7 Å². The number of hydrogen-bond donors (Lipinski definition) is 3. The van der Waals surface area contributed by atoms with Crippen LogP contribution in [-0.4, -0.2) is 46.6 Å². The maximum Gasteiger partial charge on any atom is 0.303 e. The van der Waals surface area contributed by atoms with Crippen molar-refractivity contribution in [2.75, 3.05) is 25.0 Å². The quantitative estimate of drug-likeness (QED) is 0.270. The molecule has 2 aromatic rings. The van der Waals surface area contributed by atoms with Gasteiger partial charge in [-0.3, -0.25) is 4.79 Å². The molecule has 0 spiro atoms. The number of aliphatic carboxylic acids is 1. The highest BCUT2D eigenvalue weighted by Crippen LogP contribution is 2.31. The molecule has 8 heteroatoms. The number of aryl methyl sites for hydroxylation is 2. The first-order valence-corrected chi connectivity index (χ1v) is 11.6. The van der Waals surface area contributed by atoms with Crippen molar-refractivity contribution in [2.45, 2.75) is 51.0 Å². The third kappa shape index (κ3) is 5.80. The molecule has 4 rings (SSSR count). The van der Waals surface area contributed by atoms with Gasteiger partial charge in [-0.1, -0.05) is 30.3 Å². The van der Waals surface area contributed by atoms with Crippen molar-refractivity contribution in [3.8, 4) is 6.19 Å². The van der Waals surface area contributed by atoms with Gasteiger partial charge in [0.2, 0.25) is 12.2 Å². The van der Waals surface area contributed by atoms with Crippen LogP contribution in [0.2, 0.25) is 0 Å². The van der Waals surface area contributed by atoms with E-state index in [1.165, 1.54) is 5.56 Å². The van der Waals surface area contributed by atoms with Gasteiger partial charge < -0.3 is 20.6 Å². The second-order valence-corrected chi connectivity index (χ2v) is 8.61. The number of hydrogen-bond acceptors (Lipinski definition) is 5. The van der Waals surface area contributed by atoms with Gasteiger partial charge in [0.15, 0.2) is 0 Å². The van der Waals surface area contributed by atoms with Gasteiger partial charge in [-0.2, -0.15) is 5.26 Å². The van der Waals surface area contributed by atoms with Crippen LogP contribution in [0.5, 0.6) is 0 Å². The van der Waals surface area contributed by atoms with E-state index in [-0.39, 0.29) is 12.3 Å². The van der Waals surface area contributed by atoms with E-state index in [1.807, 2.05) is 35.4 Å². The Hall–Kier alpha value is -3.60. The van der Waals surface area contributed by atoms with E-state index in [9.17, 15) is 15.2 Å².